The van der Waals surface area contributed by atoms with E-state index >= 15 is 13.2 Å². The van der Waals surface area contributed by atoms with Crippen molar-refractivity contribution in [2.24, 2.45) is 0 Å². The lowest BCUT2D eigenvalue weighted by Crippen LogP contribution is -2.03. The Kier molecular flexibility index (Phi) is 10.5. The number of nitrogens with zero attached hydrogens (tertiary/aromatic N) is 1. The lowest BCUT2D eigenvalue weighted by atomic mass is 9.94. The number of aromatic nitrogens is 3. The number of aliphatic hydroxyl groups excluding tert-OH is 1. The van der Waals surface area contributed by atoms with Crippen LogP contribution in [0.5, 0.6) is 11.5 Å². The van der Waals surface area contributed by atoms with Crippen molar-refractivity contribution in [3.63, 3.8) is 0 Å². The molecule has 2 heterocycles. The summed E-state index contributed by atoms with van der Waals surface area (Å²) in [5.41, 5.74) is 2.72. The maximum Gasteiger partial charge on any atom is 0.168 e. The molecule has 232 valence electrons. The van der Waals surface area contributed by atoms with Crippen LogP contribution in [-0.2, 0) is 22.2 Å². The number of hydrogen-bond acceptors (Lipinski definition) is 5. The molecule has 2 aromatic heterocycles. The third-order valence-electron chi connectivity index (χ3n) is 7.35. The maximum atomic E-state index is 15.3. The molecule has 3 N–H and O–H groups in total. The second-order valence-electron chi connectivity index (χ2n) is 10.8. The summed E-state index contributed by atoms with van der Waals surface area (Å²) in [6.45, 7) is 5.18. The van der Waals surface area contributed by atoms with Gasteiger partial charge in [0.1, 0.15) is 29.5 Å². The third-order valence-corrected chi connectivity index (χ3v) is 8.65. The van der Waals surface area contributed by atoms with Crippen LogP contribution < -0.4 is 4.74 Å². The quantitative estimate of drug-likeness (QED) is 0.102. The van der Waals surface area contributed by atoms with E-state index in [1.807, 2.05) is 13.0 Å². The molecular weight excluding hydrogens is 590 g/mol. The molecule has 1 unspecified atom stereocenters. The molecule has 0 aliphatic rings. The number of halogens is 3. The Morgan fingerprint density at radius 2 is 1.82 bits per heavy atom. The van der Waals surface area contributed by atoms with Crippen molar-refractivity contribution in [3.05, 3.63) is 101 Å². The number of benzene rings is 3. The second kappa shape index (κ2) is 14.1. The number of aliphatic hydroxyl groups is 1. The monoisotopic (exact) mass is 625 g/mol. The van der Waals surface area contributed by atoms with Crippen molar-refractivity contribution in [1.82, 2.24) is 15.0 Å². The number of ether oxygens (including phenoxy) is 1. The lowest BCUT2D eigenvalue weighted by molar-refractivity contribution is -0.107. The zero-order valence-corrected chi connectivity index (χ0v) is 25.9. The summed E-state index contributed by atoms with van der Waals surface area (Å²) in [7, 11) is -1.39. The van der Waals surface area contributed by atoms with Gasteiger partial charge in [-0.3, -0.25) is 0 Å². The highest BCUT2D eigenvalue weighted by molar-refractivity contribution is 7.62. The fourth-order valence-electron chi connectivity index (χ4n) is 5.03. The van der Waals surface area contributed by atoms with Crippen molar-refractivity contribution in [2.45, 2.75) is 32.1 Å². The van der Waals surface area contributed by atoms with E-state index in [-0.39, 0.29) is 35.1 Å². The number of hydrogen-bond donors (Lipinski definition) is 3. The molecular formula is C33H35F3N3O4P. The van der Waals surface area contributed by atoms with E-state index in [4.69, 9.17) is 9.84 Å². The molecule has 0 aliphatic heterocycles. The van der Waals surface area contributed by atoms with Crippen molar-refractivity contribution in [1.29, 1.82) is 0 Å². The number of rotatable bonds is 11. The largest absolute Gasteiger partial charge is 0.454 e. The Morgan fingerprint density at radius 3 is 2.55 bits per heavy atom. The summed E-state index contributed by atoms with van der Waals surface area (Å²) in [6.07, 6.45) is 5.22. The minimum absolute atomic E-state index is 0.00759. The molecule has 0 amide bonds. The summed E-state index contributed by atoms with van der Waals surface area (Å²) >= 11 is 0. The summed E-state index contributed by atoms with van der Waals surface area (Å²) in [6, 6.07) is 12.3. The van der Waals surface area contributed by atoms with Gasteiger partial charge in [-0.05, 0) is 61.6 Å². The first-order valence-electron chi connectivity index (χ1n) is 14.1. The number of aromatic amines is 2. The highest BCUT2D eigenvalue weighted by Crippen LogP contribution is 2.41. The SMILES string of the molecule is CC(c1cnc(-c2cc(Oc3c(F)cc4[nH]ccc4c3CCP(C)(C)=O)ccc2F)[nH]1)c1cccc(CCC=O)c1F.CO. The van der Waals surface area contributed by atoms with Crippen molar-refractivity contribution in [3.8, 4) is 22.9 Å². The lowest BCUT2D eigenvalue weighted by Gasteiger charge is -2.16. The normalized spacial score (nSPS) is 12.1. The van der Waals surface area contributed by atoms with Crippen LogP contribution in [0.2, 0.25) is 0 Å². The number of nitrogens with one attached hydrogen (secondary N) is 2. The van der Waals surface area contributed by atoms with Crippen LogP contribution in [-0.4, -0.2) is 52.9 Å². The minimum Gasteiger partial charge on any atom is -0.454 e. The number of carbonyl (C=O) groups is 1. The predicted octanol–water partition coefficient (Wildman–Crippen LogP) is 7.82. The van der Waals surface area contributed by atoms with Crippen LogP contribution in [0, 0.1) is 17.5 Å². The molecule has 5 aromatic rings. The summed E-state index contributed by atoms with van der Waals surface area (Å²) in [5.74, 6) is -1.59. The number of imidazole rings is 1. The van der Waals surface area contributed by atoms with Gasteiger partial charge in [0, 0.05) is 66.2 Å². The Hall–Kier alpha value is -4.14. The van der Waals surface area contributed by atoms with Gasteiger partial charge in [0.15, 0.2) is 11.6 Å². The van der Waals surface area contributed by atoms with E-state index in [9.17, 15) is 9.36 Å². The van der Waals surface area contributed by atoms with E-state index in [1.54, 1.807) is 37.7 Å². The van der Waals surface area contributed by atoms with Gasteiger partial charge in [-0.2, -0.15) is 0 Å². The molecule has 0 spiro atoms. The molecule has 0 fully saturated rings. The Balaban J connectivity index is 0.00000216. The first kappa shape index (κ1) is 32.8. The van der Waals surface area contributed by atoms with Gasteiger partial charge < -0.3 is 29.2 Å². The molecule has 3 aromatic carbocycles. The fraction of sp³-hybridized carbons (Fsp3) is 0.273. The number of carbonyl (C=O) groups excluding carboxylic acids is 1. The average molecular weight is 626 g/mol. The molecule has 1 atom stereocenters. The first-order valence-corrected chi connectivity index (χ1v) is 16.8. The van der Waals surface area contributed by atoms with Gasteiger partial charge in [0.25, 0.3) is 0 Å². The maximum absolute atomic E-state index is 15.3. The number of H-pyrrole nitrogens is 2. The molecule has 11 heteroatoms. The average Bonchev–Trinajstić information content (AvgIpc) is 3.68. The van der Waals surface area contributed by atoms with E-state index in [2.05, 4.69) is 15.0 Å². The zero-order valence-electron chi connectivity index (χ0n) is 25.0. The molecule has 7 nitrogen and oxygen atoms in total. The topological polar surface area (TPSA) is 108 Å². The number of aryl methyl sites for hydroxylation is 2. The van der Waals surface area contributed by atoms with E-state index in [0.717, 1.165) is 18.8 Å². The highest BCUT2D eigenvalue weighted by Gasteiger charge is 2.22. The second-order valence-corrected chi connectivity index (χ2v) is 14.4. The molecule has 0 bridgehead atoms. The van der Waals surface area contributed by atoms with E-state index in [0.29, 0.717) is 46.9 Å². The molecule has 0 saturated heterocycles. The standard InChI is InChI=1S/C32H31F3N3O3P.CH4O/c1-19(22-8-4-6-20(30(22)35)7-5-14-39)29-18-37-32(38-29)25-16-21(9-10-26(25)33)41-31-24(12-15-42(2,3)40)23-11-13-36-28(23)17-27(31)34;1-2/h4,6,8-11,13-14,16-19,36H,5,7,12,15H2,1-3H3,(H,37,38);2H,1H3. The molecule has 44 heavy (non-hydrogen) atoms. The molecule has 0 aliphatic carbocycles. The minimum atomic E-state index is -2.39. The van der Waals surface area contributed by atoms with Crippen molar-refractivity contribution < 1.29 is 32.4 Å². The third kappa shape index (κ3) is 7.31. The number of fused-ring (bicyclic) bond motifs is 1. The van der Waals surface area contributed by atoms with Gasteiger partial charge >= 0.3 is 0 Å². The van der Waals surface area contributed by atoms with Crippen LogP contribution in [0.1, 0.15) is 41.6 Å². The summed E-state index contributed by atoms with van der Waals surface area (Å²) < 4.78 is 64.0. The van der Waals surface area contributed by atoms with Crippen LogP contribution in [0.4, 0.5) is 13.2 Å². The fourth-order valence-corrected chi connectivity index (χ4v) is 5.79. The molecule has 0 saturated carbocycles. The van der Waals surface area contributed by atoms with Gasteiger partial charge in [-0.25, -0.2) is 18.2 Å². The van der Waals surface area contributed by atoms with Crippen molar-refractivity contribution in [2.75, 3.05) is 26.6 Å². The van der Waals surface area contributed by atoms with Gasteiger partial charge in [0.2, 0.25) is 0 Å². The van der Waals surface area contributed by atoms with Crippen molar-refractivity contribution >= 4 is 24.3 Å². The van der Waals surface area contributed by atoms with Gasteiger partial charge in [0.05, 0.1) is 12.7 Å². The smallest absolute Gasteiger partial charge is 0.168 e. The Labute approximate surface area is 253 Å². The van der Waals surface area contributed by atoms with Crippen LogP contribution in [0.15, 0.2) is 60.9 Å². The van der Waals surface area contributed by atoms with Gasteiger partial charge in [-0.15, -0.1) is 0 Å². The summed E-state index contributed by atoms with van der Waals surface area (Å²) in [4.78, 5) is 21.2. The zero-order chi connectivity index (χ0) is 32.0. The van der Waals surface area contributed by atoms with E-state index < -0.39 is 24.7 Å². The first-order chi connectivity index (χ1) is 21.1. The molecule has 0 radical (unpaired) electrons. The molecule has 5 rings (SSSR count). The van der Waals surface area contributed by atoms with E-state index in [1.165, 1.54) is 30.5 Å². The summed E-state index contributed by atoms with van der Waals surface area (Å²) in [5, 5.41) is 7.76. The number of aldehydes is 1. The van der Waals surface area contributed by atoms with Crippen LogP contribution in [0.3, 0.4) is 0 Å². The Bertz CT molecular complexity index is 1810. The predicted molar refractivity (Wildman–Crippen MR) is 167 cm³/mol. The highest BCUT2D eigenvalue weighted by atomic mass is 31.2. The van der Waals surface area contributed by atoms with Crippen LogP contribution in [0.25, 0.3) is 22.3 Å². The van der Waals surface area contributed by atoms with Gasteiger partial charge in [-0.1, -0.05) is 25.1 Å². The van der Waals surface area contributed by atoms with Crippen LogP contribution >= 0.6 is 7.14 Å². The Morgan fingerprint density at radius 1 is 1.05 bits per heavy atom.